The zero-order valence-electron chi connectivity index (χ0n) is 17.6. The lowest BCUT2D eigenvalue weighted by Crippen LogP contribution is -2.55. The summed E-state index contributed by atoms with van der Waals surface area (Å²) in [6.07, 6.45) is 2.38. The molecule has 166 valence electrons. The first kappa shape index (κ1) is 23.6. The van der Waals surface area contributed by atoms with Gasteiger partial charge in [0, 0.05) is 42.5 Å². The van der Waals surface area contributed by atoms with Crippen LogP contribution in [0.2, 0.25) is 5.02 Å². The Labute approximate surface area is 194 Å². The standard InChI is InChI=1S/C24H27ClN2O3.ClH/c1-30-20-11-9-19(10-12-20)26-13-15-27(16-14-26)22-4-2-3-21(24(22)29)23(28)17-5-7-18(25)8-6-17;/h5-12,21-22H,2-4,13-16H2,1H3;1H. The van der Waals surface area contributed by atoms with Crippen LogP contribution in [0, 0.1) is 5.92 Å². The lowest BCUT2D eigenvalue weighted by Gasteiger charge is -2.42. The van der Waals surface area contributed by atoms with Crippen molar-refractivity contribution in [3.8, 4) is 5.75 Å². The zero-order valence-corrected chi connectivity index (χ0v) is 19.2. The van der Waals surface area contributed by atoms with Crippen LogP contribution in [0.15, 0.2) is 48.5 Å². The van der Waals surface area contributed by atoms with Gasteiger partial charge in [-0.2, -0.15) is 0 Å². The van der Waals surface area contributed by atoms with Crippen molar-refractivity contribution in [1.29, 1.82) is 0 Å². The van der Waals surface area contributed by atoms with Crippen molar-refractivity contribution >= 4 is 41.3 Å². The van der Waals surface area contributed by atoms with E-state index >= 15 is 0 Å². The summed E-state index contributed by atoms with van der Waals surface area (Å²) >= 11 is 5.93. The second kappa shape index (κ2) is 10.5. The minimum atomic E-state index is -0.537. The average Bonchev–Trinajstić information content (AvgIpc) is 2.79. The molecule has 1 saturated carbocycles. The molecule has 0 aromatic heterocycles. The highest BCUT2D eigenvalue weighted by atomic mass is 35.5. The van der Waals surface area contributed by atoms with Gasteiger partial charge in [0.1, 0.15) is 5.75 Å². The zero-order chi connectivity index (χ0) is 21.1. The predicted octanol–water partition coefficient (Wildman–Crippen LogP) is 4.51. The summed E-state index contributed by atoms with van der Waals surface area (Å²) < 4.78 is 5.23. The fraction of sp³-hybridized carbons (Fsp3) is 0.417. The van der Waals surface area contributed by atoms with Crippen molar-refractivity contribution in [2.24, 2.45) is 5.92 Å². The number of carbonyl (C=O) groups excluding carboxylic acids is 2. The molecule has 2 aromatic carbocycles. The third-order valence-corrected chi connectivity index (χ3v) is 6.53. The number of piperazine rings is 1. The Kier molecular flexibility index (Phi) is 7.98. The van der Waals surface area contributed by atoms with Crippen molar-refractivity contribution in [3.63, 3.8) is 0 Å². The van der Waals surface area contributed by atoms with Gasteiger partial charge in [-0.15, -0.1) is 12.4 Å². The smallest absolute Gasteiger partial charge is 0.173 e. The molecule has 1 aliphatic heterocycles. The van der Waals surface area contributed by atoms with Gasteiger partial charge in [-0.1, -0.05) is 18.0 Å². The number of ether oxygens (including phenoxy) is 1. The highest BCUT2D eigenvalue weighted by Gasteiger charge is 2.39. The molecule has 0 bridgehead atoms. The van der Waals surface area contributed by atoms with Crippen LogP contribution in [0.3, 0.4) is 0 Å². The van der Waals surface area contributed by atoms with E-state index in [-0.39, 0.29) is 30.0 Å². The molecule has 2 aliphatic rings. The first-order valence-electron chi connectivity index (χ1n) is 10.5. The Balaban J connectivity index is 0.00000272. The third kappa shape index (κ3) is 5.22. The summed E-state index contributed by atoms with van der Waals surface area (Å²) in [6.45, 7) is 3.38. The van der Waals surface area contributed by atoms with Crippen LogP contribution >= 0.6 is 24.0 Å². The molecular weight excluding hydrogens is 435 g/mol. The van der Waals surface area contributed by atoms with E-state index in [9.17, 15) is 9.59 Å². The summed E-state index contributed by atoms with van der Waals surface area (Å²) in [5, 5.41) is 0.592. The van der Waals surface area contributed by atoms with Crippen LogP contribution in [0.4, 0.5) is 5.69 Å². The van der Waals surface area contributed by atoms with E-state index in [1.54, 1.807) is 31.4 Å². The molecule has 7 heteroatoms. The van der Waals surface area contributed by atoms with Crippen LogP contribution in [0.1, 0.15) is 29.6 Å². The van der Waals surface area contributed by atoms with Gasteiger partial charge in [0.25, 0.3) is 0 Å². The molecule has 0 spiro atoms. The molecule has 2 atom stereocenters. The van der Waals surface area contributed by atoms with E-state index in [1.165, 1.54) is 5.69 Å². The fourth-order valence-electron chi connectivity index (χ4n) is 4.56. The van der Waals surface area contributed by atoms with Crippen LogP contribution in [-0.4, -0.2) is 55.8 Å². The number of anilines is 1. The number of rotatable bonds is 5. The summed E-state index contributed by atoms with van der Waals surface area (Å²) in [7, 11) is 1.67. The molecule has 2 aromatic rings. The van der Waals surface area contributed by atoms with Crippen molar-refractivity contribution in [3.05, 3.63) is 59.1 Å². The molecule has 0 N–H and O–H groups in total. The quantitative estimate of drug-likeness (QED) is 0.483. The molecular formula is C24H28Cl2N2O3. The molecule has 2 unspecified atom stereocenters. The van der Waals surface area contributed by atoms with Gasteiger partial charge in [-0.3, -0.25) is 14.5 Å². The Morgan fingerprint density at radius 3 is 2.23 bits per heavy atom. The second-order valence-electron chi connectivity index (χ2n) is 7.99. The fourth-order valence-corrected chi connectivity index (χ4v) is 4.68. The van der Waals surface area contributed by atoms with Crippen LogP contribution in [0.25, 0.3) is 0 Å². The minimum Gasteiger partial charge on any atom is -0.497 e. The van der Waals surface area contributed by atoms with Crippen LogP contribution < -0.4 is 9.64 Å². The molecule has 4 rings (SSSR count). The Hall–Kier alpha value is -2.08. The molecule has 1 aliphatic carbocycles. The third-order valence-electron chi connectivity index (χ3n) is 6.28. The predicted molar refractivity (Wildman–Crippen MR) is 126 cm³/mol. The molecule has 31 heavy (non-hydrogen) atoms. The molecule has 1 heterocycles. The summed E-state index contributed by atoms with van der Waals surface area (Å²) in [5.74, 6) is 0.323. The lowest BCUT2D eigenvalue weighted by molar-refractivity contribution is -0.129. The normalized spacial score (nSPS) is 22.0. The number of benzene rings is 2. The van der Waals surface area contributed by atoms with Gasteiger partial charge in [-0.25, -0.2) is 0 Å². The number of hydrogen-bond acceptors (Lipinski definition) is 5. The first-order chi connectivity index (χ1) is 14.6. The Morgan fingerprint density at radius 1 is 0.968 bits per heavy atom. The topological polar surface area (TPSA) is 49.9 Å². The first-order valence-corrected chi connectivity index (χ1v) is 10.9. The number of methoxy groups -OCH3 is 1. The number of nitrogens with zero attached hydrogens (tertiary/aromatic N) is 2. The maximum atomic E-state index is 13.2. The van der Waals surface area contributed by atoms with Gasteiger partial charge in [0.15, 0.2) is 11.6 Å². The lowest BCUT2D eigenvalue weighted by atomic mass is 9.79. The van der Waals surface area contributed by atoms with Crippen LogP contribution in [0.5, 0.6) is 5.75 Å². The van der Waals surface area contributed by atoms with Gasteiger partial charge in [0.05, 0.1) is 19.1 Å². The molecule has 5 nitrogen and oxygen atoms in total. The summed E-state index contributed by atoms with van der Waals surface area (Å²) in [4.78, 5) is 30.8. The molecule has 0 radical (unpaired) electrons. The van der Waals surface area contributed by atoms with E-state index < -0.39 is 5.92 Å². The van der Waals surface area contributed by atoms with Gasteiger partial charge in [-0.05, 0) is 61.4 Å². The minimum absolute atomic E-state index is 0. The van der Waals surface area contributed by atoms with E-state index in [0.717, 1.165) is 44.8 Å². The maximum Gasteiger partial charge on any atom is 0.173 e. The maximum absolute atomic E-state index is 13.2. The Morgan fingerprint density at radius 2 is 1.61 bits per heavy atom. The van der Waals surface area contributed by atoms with E-state index in [2.05, 4.69) is 21.9 Å². The number of hydrogen-bond donors (Lipinski definition) is 0. The van der Waals surface area contributed by atoms with Crippen molar-refractivity contribution in [1.82, 2.24) is 4.90 Å². The number of halogens is 2. The monoisotopic (exact) mass is 462 g/mol. The van der Waals surface area contributed by atoms with Crippen LogP contribution in [-0.2, 0) is 4.79 Å². The van der Waals surface area contributed by atoms with Crippen molar-refractivity contribution in [2.45, 2.75) is 25.3 Å². The SMILES string of the molecule is COc1ccc(N2CCN(C3CCCC(C(=O)c4ccc(Cl)cc4)C3=O)CC2)cc1.Cl. The van der Waals surface area contributed by atoms with E-state index in [0.29, 0.717) is 17.0 Å². The van der Waals surface area contributed by atoms with E-state index in [4.69, 9.17) is 16.3 Å². The summed E-state index contributed by atoms with van der Waals surface area (Å²) in [6, 6.07) is 14.8. The largest absolute Gasteiger partial charge is 0.497 e. The highest BCUT2D eigenvalue weighted by Crippen LogP contribution is 2.29. The molecule has 0 amide bonds. The summed E-state index contributed by atoms with van der Waals surface area (Å²) in [5.41, 5.74) is 1.74. The number of ketones is 2. The number of Topliss-reactive ketones (excluding diaryl/α,β-unsaturated/α-hetero) is 2. The van der Waals surface area contributed by atoms with Gasteiger partial charge >= 0.3 is 0 Å². The van der Waals surface area contributed by atoms with Gasteiger partial charge < -0.3 is 9.64 Å². The Bertz CT molecular complexity index is 894. The van der Waals surface area contributed by atoms with E-state index in [1.807, 2.05) is 12.1 Å². The molecule has 1 saturated heterocycles. The molecule has 2 fully saturated rings. The average molecular weight is 463 g/mol. The van der Waals surface area contributed by atoms with Crippen molar-refractivity contribution < 1.29 is 14.3 Å². The second-order valence-corrected chi connectivity index (χ2v) is 8.43. The highest BCUT2D eigenvalue weighted by molar-refractivity contribution is 6.30. The number of carbonyl (C=O) groups is 2. The van der Waals surface area contributed by atoms with Crippen molar-refractivity contribution in [2.75, 3.05) is 38.2 Å². The van der Waals surface area contributed by atoms with Gasteiger partial charge in [0.2, 0.25) is 0 Å².